The molecule has 8 atom stereocenters. The second kappa shape index (κ2) is 10.2. The van der Waals surface area contributed by atoms with E-state index >= 15 is 0 Å². The van der Waals surface area contributed by atoms with Crippen molar-refractivity contribution in [3.63, 3.8) is 0 Å². The van der Waals surface area contributed by atoms with Crippen molar-refractivity contribution in [2.24, 2.45) is 39.7 Å². The smallest absolute Gasteiger partial charge is 0.326 e. The van der Waals surface area contributed by atoms with Crippen LogP contribution < -0.4 is 5.32 Å². The summed E-state index contributed by atoms with van der Waals surface area (Å²) in [6.07, 6.45) is 9.94. The molecule has 0 spiro atoms. The van der Waals surface area contributed by atoms with Crippen molar-refractivity contribution in [1.82, 2.24) is 5.32 Å². The van der Waals surface area contributed by atoms with Gasteiger partial charge in [0.15, 0.2) is 12.4 Å². The molecular formula is C29H44N2O6. The number of ketones is 1. The second-order valence-electron chi connectivity index (χ2n) is 12.5. The number of hydrogen-bond donors (Lipinski definition) is 3. The zero-order valence-electron chi connectivity index (χ0n) is 23.0. The third-order valence-corrected chi connectivity index (χ3v) is 10.9. The van der Waals surface area contributed by atoms with Gasteiger partial charge in [0, 0.05) is 5.41 Å². The fourth-order valence-electron chi connectivity index (χ4n) is 8.31. The first-order valence-corrected chi connectivity index (χ1v) is 14.0. The molecule has 0 saturated heterocycles. The van der Waals surface area contributed by atoms with Gasteiger partial charge in [-0.2, -0.15) is 0 Å². The largest absolute Gasteiger partial charge is 0.480 e. The number of aliphatic carboxylic acids is 1. The SMILES string of the molecule is CCC(C)C(NC(=O)CO/N=C1/C=C2CC[C@@H]3[C@H](CC[C@@]4(C)[C@H]3CC[C@]4(O)C(C)=O)[C@@]2(C)CC1)C(=O)O. The Bertz CT molecular complexity index is 1010. The quantitative estimate of drug-likeness (QED) is 0.414. The van der Waals surface area contributed by atoms with E-state index in [2.05, 4.69) is 30.4 Å². The molecule has 37 heavy (non-hydrogen) atoms. The highest BCUT2D eigenvalue weighted by Gasteiger charge is 2.65. The molecule has 0 aromatic heterocycles. The van der Waals surface area contributed by atoms with Crippen LogP contribution in [0.5, 0.6) is 0 Å². The fourth-order valence-corrected chi connectivity index (χ4v) is 8.31. The monoisotopic (exact) mass is 516 g/mol. The molecule has 3 N–H and O–H groups in total. The third-order valence-electron chi connectivity index (χ3n) is 10.9. The standard InChI is InChI=1S/C29H44N2O6/c1-6-17(2)25(26(34)35)30-24(33)16-37-31-20-9-12-27(4)19(15-20)7-8-21-22(27)10-13-28(5)23(21)11-14-29(28,36)18(3)32/h15,17,21-23,25,36H,6-14,16H2,1-5H3,(H,30,33)(H,34,35)/b31-20+/t17?,21-,22+,23+,25?,27+,28+,29+/m1/s1. The number of carboxylic acid groups (broad SMARTS) is 1. The highest BCUT2D eigenvalue weighted by atomic mass is 16.6. The topological polar surface area (TPSA) is 125 Å². The number of carbonyl (C=O) groups is 3. The minimum atomic E-state index is -1.19. The summed E-state index contributed by atoms with van der Waals surface area (Å²) in [5, 5.41) is 27.5. The van der Waals surface area contributed by atoms with Gasteiger partial charge < -0.3 is 20.4 Å². The predicted molar refractivity (Wildman–Crippen MR) is 140 cm³/mol. The first kappa shape index (κ1) is 27.8. The molecule has 8 heteroatoms. The maximum Gasteiger partial charge on any atom is 0.326 e. The number of carbonyl (C=O) groups excluding carboxylic acids is 2. The van der Waals surface area contributed by atoms with E-state index in [4.69, 9.17) is 4.84 Å². The maximum absolute atomic E-state index is 12.4. The number of amides is 1. The summed E-state index contributed by atoms with van der Waals surface area (Å²) in [7, 11) is 0. The minimum Gasteiger partial charge on any atom is -0.480 e. The molecule has 0 heterocycles. The number of nitrogens with one attached hydrogen (secondary N) is 1. The van der Waals surface area contributed by atoms with Crippen LogP contribution in [0.15, 0.2) is 16.8 Å². The first-order chi connectivity index (χ1) is 17.4. The van der Waals surface area contributed by atoms with E-state index in [1.807, 2.05) is 6.92 Å². The van der Waals surface area contributed by atoms with Crippen LogP contribution in [0.1, 0.15) is 92.4 Å². The van der Waals surface area contributed by atoms with E-state index in [9.17, 15) is 24.6 Å². The lowest BCUT2D eigenvalue weighted by atomic mass is 9.46. The molecule has 0 aromatic rings. The summed E-state index contributed by atoms with van der Waals surface area (Å²) in [4.78, 5) is 41.5. The molecule has 2 unspecified atom stereocenters. The molecule has 3 saturated carbocycles. The van der Waals surface area contributed by atoms with Gasteiger partial charge >= 0.3 is 5.97 Å². The van der Waals surface area contributed by atoms with Crippen LogP contribution in [0.4, 0.5) is 0 Å². The normalized spacial score (nSPS) is 39.5. The second-order valence-corrected chi connectivity index (χ2v) is 12.5. The molecule has 0 bridgehead atoms. The van der Waals surface area contributed by atoms with Gasteiger partial charge in [0.2, 0.25) is 0 Å². The Morgan fingerprint density at radius 1 is 1.14 bits per heavy atom. The molecule has 0 radical (unpaired) electrons. The number of fused-ring (bicyclic) bond motifs is 5. The Morgan fingerprint density at radius 2 is 1.84 bits per heavy atom. The Hall–Kier alpha value is -2.22. The van der Waals surface area contributed by atoms with Gasteiger partial charge in [-0.05, 0) is 93.5 Å². The van der Waals surface area contributed by atoms with Crippen molar-refractivity contribution in [1.29, 1.82) is 0 Å². The number of aliphatic hydroxyl groups is 1. The minimum absolute atomic E-state index is 0.0720. The highest BCUT2D eigenvalue weighted by Crippen LogP contribution is 2.67. The van der Waals surface area contributed by atoms with Crippen LogP contribution >= 0.6 is 0 Å². The Kier molecular flexibility index (Phi) is 7.63. The van der Waals surface area contributed by atoms with Crippen molar-refractivity contribution >= 4 is 23.4 Å². The van der Waals surface area contributed by atoms with Gasteiger partial charge in [0.1, 0.15) is 11.6 Å². The number of nitrogens with zero attached hydrogens (tertiary/aromatic N) is 1. The summed E-state index contributed by atoms with van der Waals surface area (Å²) >= 11 is 0. The van der Waals surface area contributed by atoms with E-state index in [-0.39, 0.29) is 29.1 Å². The predicted octanol–water partition coefficient (Wildman–Crippen LogP) is 4.26. The van der Waals surface area contributed by atoms with Crippen LogP contribution in [0.25, 0.3) is 0 Å². The van der Waals surface area contributed by atoms with Crippen LogP contribution in [0, 0.1) is 34.5 Å². The van der Waals surface area contributed by atoms with Crippen molar-refractivity contribution < 1.29 is 29.4 Å². The number of oxime groups is 1. The number of carboxylic acids is 1. The van der Waals surface area contributed by atoms with Gasteiger partial charge in [-0.15, -0.1) is 0 Å². The molecule has 1 amide bonds. The number of allylic oxidation sites excluding steroid dienone is 2. The Morgan fingerprint density at radius 3 is 2.49 bits per heavy atom. The lowest BCUT2D eigenvalue weighted by Gasteiger charge is -2.59. The third kappa shape index (κ3) is 4.64. The van der Waals surface area contributed by atoms with E-state index in [0.717, 1.165) is 50.7 Å². The molecule has 4 rings (SSSR count). The fraction of sp³-hybridized carbons (Fsp3) is 0.793. The Balaban J connectivity index is 1.41. The van der Waals surface area contributed by atoms with Gasteiger partial charge in [-0.3, -0.25) is 9.59 Å². The lowest BCUT2D eigenvalue weighted by Crippen LogP contribution is -2.57. The molecule has 8 nitrogen and oxygen atoms in total. The van der Waals surface area contributed by atoms with E-state index in [1.165, 1.54) is 5.57 Å². The van der Waals surface area contributed by atoms with Crippen molar-refractivity contribution in [3.05, 3.63) is 11.6 Å². The van der Waals surface area contributed by atoms with Gasteiger partial charge in [0.05, 0.1) is 5.71 Å². The average Bonchev–Trinajstić information content (AvgIpc) is 3.14. The maximum atomic E-state index is 12.4. The van der Waals surface area contributed by atoms with E-state index in [1.54, 1.807) is 13.8 Å². The number of hydrogen-bond acceptors (Lipinski definition) is 6. The summed E-state index contributed by atoms with van der Waals surface area (Å²) in [5.74, 6) is -0.376. The van der Waals surface area contributed by atoms with E-state index in [0.29, 0.717) is 30.6 Å². The summed E-state index contributed by atoms with van der Waals surface area (Å²) in [5.41, 5.74) is 0.764. The van der Waals surface area contributed by atoms with Crippen LogP contribution in [0.2, 0.25) is 0 Å². The highest BCUT2D eigenvalue weighted by molar-refractivity contribution is 5.96. The summed E-state index contributed by atoms with van der Waals surface area (Å²) in [6.45, 7) is 9.44. The molecular weight excluding hydrogens is 472 g/mol. The molecule has 0 aromatic carbocycles. The van der Waals surface area contributed by atoms with Crippen molar-refractivity contribution in [3.8, 4) is 0 Å². The summed E-state index contributed by atoms with van der Waals surface area (Å²) < 4.78 is 0. The van der Waals surface area contributed by atoms with Gasteiger partial charge in [0.25, 0.3) is 5.91 Å². The first-order valence-electron chi connectivity index (χ1n) is 14.0. The molecule has 206 valence electrons. The Labute approximate surface area is 220 Å². The number of Topliss-reactive ketones (excluding diaryl/α,β-unsaturated/α-hetero) is 1. The molecule has 4 aliphatic rings. The van der Waals surface area contributed by atoms with Crippen LogP contribution in [-0.4, -0.2) is 51.8 Å². The van der Waals surface area contributed by atoms with Crippen molar-refractivity contribution in [2.45, 2.75) is 104 Å². The molecule has 4 aliphatic carbocycles. The van der Waals surface area contributed by atoms with E-state index < -0.39 is 23.5 Å². The molecule has 0 aliphatic heterocycles. The van der Waals surface area contributed by atoms with Crippen molar-refractivity contribution in [2.75, 3.05) is 6.61 Å². The number of rotatable bonds is 8. The zero-order chi connectivity index (χ0) is 27.2. The van der Waals surface area contributed by atoms with Gasteiger partial charge in [-0.25, -0.2) is 4.79 Å². The molecule has 3 fully saturated rings. The summed E-state index contributed by atoms with van der Waals surface area (Å²) in [6, 6.07) is -0.940. The van der Waals surface area contributed by atoms with Crippen LogP contribution in [-0.2, 0) is 19.2 Å². The zero-order valence-corrected chi connectivity index (χ0v) is 23.0. The lowest BCUT2D eigenvalue weighted by molar-refractivity contribution is -0.159. The van der Waals surface area contributed by atoms with Gasteiger partial charge in [-0.1, -0.05) is 44.8 Å². The van der Waals surface area contributed by atoms with Crippen LogP contribution in [0.3, 0.4) is 0 Å². The average molecular weight is 517 g/mol.